The summed E-state index contributed by atoms with van der Waals surface area (Å²) in [7, 11) is 0. The van der Waals surface area contributed by atoms with Crippen LogP contribution in [0.15, 0.2) is 121 Å². The zero-order valence-electron chi connectivity index (χ0n) is 19.8. The van der Waals surface area contributed by atoms with E-state index in [4.69, 9.17) is 0 Å². The number of H-pyrrole nitrogens is 1. The second-order valence-electron chi connectivity index (χ2n) is 9.29. The Morgan fingerprint density at radius 1 is 0.459 bits per heavy atom. The van der Waals surface area contributed by atoms with Gasteiger partial charge in [-0.25, -0.2) is 0 Å². The molecule has 0 radical (unpaired) electrons. The van der Waals surface area contributed by atoms with Crippen molar-refractivity contribution >= 4 is 43.6 Å². The third kappa shape index (κ3) is 2.91. The maximum absolute atomic E-state index is 4.54. The zero-order valence-corrected chi connectivity index (χ0v) is 19.8. The lowest BCUT2D eigenvalue weighted by molar-refractivity contribution is 0.990. The van der Waals surface area contributed by atoms with E-state index in [1.54, 1.807) is 0 Å². The number of para-hydroxylation sites is 3. The van der Waals surface area contributed by atoms with Gasteiger partial charge in [0.1, 0.15) is 0 Å². The molecule has 37 heavy (non-hydrogen) atoms. The number of rotatable bonds is 3. The van der Waals surface area contributed by atoms with Gasteiger partial charge in [0.05, 0.1) is 22.1 Å². The smallest absolute Gasteiger partial charge is 0.234 e. The molecular formula is C32H21N5. The molecule has 0 spiro atoms. The Morgan fingerprint density at radius 2 is 1.00 bits per heavy atom. The molecular weight excluding hydrogens is 454 g/mol. The molecule has 0 saturated carbocycles. The summed E-state index contributed by atoms with van der Waals surface area (Å²) >= 11 is 0. The number of fused-ring (bicyclic) bond motifs is 6. The fraction of sp³-hybridized carbons (Fsp3) is 0. The third-order valence-electron chi connectivity index (χ3n) is 7.23. The summed E-state index contributed by atoms with van der Waals surface area (Å²) in [5.74, 6) is 1.46. The molecule has 174 valence electrons. The van der Waals surface area contributed by atoms with Gasteiger partial charge in [-0.15, -0.1) is 10.2 Å². The zero-order chi connectivity index (χ0) is 24.3. The summed E-state index contributed by atoms with van der Waals surface area (Å²) in [6, 6.07) is 42.5. The van der Waals surface area contributed by atoms with Gasteiger partial charge in [0.25, 0.3) is 0 Å². The predicted molar refractivity (Wildman–Crippen MR) is 150 cm³/mol. The fourth-order valence-corrected chi connectivity index (χ4v) is 5.61. The van der Waals surface area contributed by atoms with E-state index in [-0.39, 0.29) is 0 Å². The van der Waals surface area contributed by atoms with Gasteiger partial charge in [0.15, 0.2) is 5.82 Å². The van der Waals surface area contributed by atoms with E-state index in [1.807, 2.05) is 30.3 Å². The molecule has 1 N–H and O–H groups in total. The highest BCUT2D eigenvalue weighted by molar-refractivity contribution is 6.12. The maximum atomic E-state index is 4.54. The highest BCUT2D eigenvalue weighted by Crippen LogP contribution is 2.36. The molecule has 5 aromatic carbocycles. The quantitative estimate of drug-likeness (QED) is 0.285. The molecule has 8 rings (SSSR count). The first-order chi connectivity index (χ1) is 18.4. The Hall–Kier alpha value is -5.16. The van der Waals surface area contributed by atoms with Crippen LogP contribution in [0.3, 0.4) is 0 Å². The second kappa shape index (κ2) is 7.67. The van der Waals surface area contributed by atoms with Gasteiger partial charge in [-0.2, -0.15) is 0 Å². The van der Waals surface area contributed by atoms with E-state index in [0.29, 0.717) is 5.95 Å². The van der Waals surface area contributed by atoms with Gasteiger partial charge in [0.2, 0.25) is 5.95 Å². The molecule has 8 aromatic rings. The minimum Gasteiger partial charge on any atom is -0.309 e. The number of aromatic amines is 1. The van der Waals surface area contributed by atoms with Gasteiger partial charge in [-0.3, -0.25) is 4.57 Å². The number of hydrogen-bond acceptors (Lipinski definition) is 2. The van der Waals surface area contributed by atoms with Crippen LogP contribution in [0.25, 0.3) is 66.6 Å². The summed E-state index contributed by atoms with van der Waals surface area (Å²) in [5, 5.41) is 13.9. The van der Waals surface area contributed by atoms with Crippen LogP contribution in [0.4, 0.5) is 0 Å². The largest absolute Gasteiger partial charge is 0.309 e. The van der Waals surface area contributed by atoms with E-state index in [0.717, 1.165) is 28.1 Å². The van der Waals surface area contributed by atoms with Crippen LogP contribution < -0.4 is 0 Å². The molecule has 0 bridgehead atoms. The van der Waals surface area contributed by atoms with Crippen LogP contribution in [-0.2, 0) is 0 Å². The van der Waals surface area contributed by atoms with Gasteiger partial charge in [-0.05, 0) is 36.4 Å². The standard InChI is InChI=1S/C32H21N5/c1-2-10-21(11-3-1)31-33-32(35-34-31)37-29-17-9-6-14-25(29)26-20-22(18-19-30(26)37)36-27-15-7-4-12-23(27)24-13-5-8-16-28(24)36/h1-20H,(H,33,34,35). The van der Waals surface area contributed by atoms with Crippen LogP contribution in [-0.4, -0.2) is 24.3 Å². The number of hydrogen-bond donors (Lipinski definition) is 1. The van der Waals surface area contributed by atoms with Gasteiger partial charge < -0.3 is 9.55 Å². The van der Waals surface area contributed by atoms with Crippen molar-refractivity contribution in [1.82, 2.24) is 24.3 Å². The third-order valence-corrected chi connectivity index (χ3v) is 7.23. The van der Waals surface area contributed by atoms with Crippen LogP contribution in [0.5, 0.6) is 0 Å². The summed E-state index contributed by atoms with van der Waals surface area (Å²) in [6.45, 7) is 0. The second-order valence-corrected chi connectivity index (χ2v) is 9.29. The Kier molecular flexibility index (Phi) is 4.16. The first kappa shape index (κ1) is 20.1. The maximum Gasteiger partial charge on any atom is 0.234 e. The van der Waals surface area contributed by atoms with Crippen molar-refractivity contribution in [1.29, 1.82) is 0 Å². The normalized spacial score (nSPS) is 11.8. The lowest BCUT2D eigenvalue weighted by Gasteiger charge is -2.09. The molecule has 0 atom stereocenters. The van der Waals surface area contributed by atoms with Crippen molar-refractivity contribution in [3.63, 3.8) is 0 Å². The molecule has 5 nitrogen and oxygen atoms in total. The van der Waals surface area contributed by atoms with E-state index in [1.165, 1.54) is 32.6 Å². The monoisotopic (exact) mass is 475 g/mol. The van der Waals surface area contributed by atoms with Gasteiger partial charge >= 0.3 is 0 Å². The lowest BCUT2D eigenvalue weighted by atomic mass is 10.1. The Morgan fingerprint density at radius 3 is 1.68 bits per heavy atom. The van der Waals surface area contributed by atoms with Crippen LogP contribution in [0.1, 0.15) is 0 Å². The van der Waals surface area contributed by atoms with Gasteiger partial charge in [0, 0.05) is 32.8 Å². The summed E-state index contributed by atoms with van der Waals surface area (Å²) in [6.07, 6.45) is 0. The van der Waals surface area contributed by atoms with E-state index in [2.05, 4.69) is 115 Å². The van der Waals surface area contributed by atoms with Gasteiger partial charge in [-0.1, -0.05) is 84.9 Å². The van der Waals surface area contributed by atoms with Crippen molar-refractivity contribution < 1.29 is 0 Å². The van der Waals surface area contributed by atoms with Crippen molar-refractivity contribution in [2.24, 2.45) is 0 Å². The van der Waals surface area contributed by atoms with Crippen LogP contribution >= 0.6 is 0 Å². The highest BCUT2D eigenvalue weighted by Gasteiger charge is 2.18. The Balaban J connectivity index is 1.39. The molecule has 0 saturated heterocycles. The average Bonchev–Trinajstić information content (AvgIpc) is 3.66. The predicted octanol–water partition coefficient (Wildman–Crippen LogP) is 7.67. The summed E-state index contributed by atoms with van der Waals surface area (Å²) in [4.78, 5) is 3.44. The molecule has 0 aliphatic rings. The van der Waals surface area contributed by atoms with Crippen molar-refractivity contribution in [3.05, 3.63) is 121 Å². The molecule has 0 unspecified atom stereocenters. The number of benzene rings is 5. The lowest BCUT2D eigenvalue weighted by Crippen LogP contribution is -1.97. The molecule has 0 fully saturated rings. The highest BCUT2D eigenvalue weighted by atomic mass is 15.3. The summed E-state index contributed by atoms with van der Waals surface area (Å²) < 4.78 is 4.53. The van der Waals surface area contributed by atoms with Crippen LogP contribution in [0, 0.1) is 0 Å². The number of nitrogens with zero attached hydrogens (tertiary/aromatic N) is 4. The summed E-state index contributed by atoms with van der Waals surface area (Å²) in [5.41, 5.74) is 6.73. The minimum absolute atomic E-state index is 0.703. The van der Waals surface area contributed by atoms with E-state index in [9.17, 15) is 0 Å². The molecule has 0 amide bonds. The van der Waals surface area contributed by atoms with Crippen LogP contribution in [0.2, 0.25) is 0 Å². The van der Waals surface area contributed by atoms with Crippen molar-refractivity contribution in [3.8, 4) is 23.0 Å². The first-order valence-electron chi connectivity index (χ1n) is 12.4. The van der Waals surface area contributed by atoms with Crippen molar-refractivity contribution in [2.75, 3.05) is 0 Å². The fourth-order valence-electron chi connectivity index (χ4n) is 5.61. The van der Waals surface area contributed by atoms with E-state index < -0.39 is 0 Å². The minimum atomic E-state index is 0.703. The molecule has 0 aliphatic carbocycles. The molecule has 0 aliphatic heterocycles. The molecule has 3 aromatic heterocycles. The van der Waals surface area contributed by atoms with E-state index >= 15 is 0 Å². The molecule has 3 heterocycles. The SMILES string of the molecule is c1ccc(-c2nnc(-n3c4ccccc4c4cc(-n5c6ccccc6c6ccccc65)ccc43)[nH]2)cc1. The first-order valence-corrected chi connectivity index (χ1v) is 12.4. The Bertz CT molecular complexity index is 2040. The topological polar surface area (TPSA) is 51.4 Å². The number of nitrogens with one attached hydrogen (secondary N) is 1. The number of aromatic nitrogens is 5. The average molecular weight is 476 g/mol. The van der Waals surface area contributed by atoms with Crippen molar-refractivity contribution in [2.45, 2.75) is 0 Å². The Labute approximate surface area is 212 Å². The molecule has 5 heteroatoms.